The molecule has 0 N–H and O–H groups in total. The van der Waals surface area contributed by atoms with Crippen molar-refractivity contribution < 1.29 is 9.53 Å². The average molecular weight is 402 g/mol. The summed E-state index contributed by atoms with van der Waals surface area (Å²) in [5.74, 6) is 2.43. The van der Waals surface area contributed by atoms with Crippen molar-refractivity contribution in [1.29, 1.82) is 0 Å². The van der Waals surface area contributed by atoms with Crippen molar-refractivity contribution in [2.75, 3.05) is 37.7 Å². The zero-order chi connectivity index (χ0) is 20.9. The van der Waals surface area contributed by atoms with Gasteiger partial charge in [-0.1, -0.05) is 48.5 Å². The fourth-order valence-corrected chi connectivity index (χ4v) is 3.69. The molecule has 0 atom stereocenters. The van der Waals surface area contributed by atoms with E-state index >= 15 is 0 Å². The third-order valence-electron chi connectivity index (χ3n) is 5.38. The van der Waals surface area contributed by atoms with Crippen LogP contribution in [0, 0.1) is 13.8 Å². The number of aryl methyl sites for hydroxylation is 2. The van der Waals surface area contributed by atoms with Crippen LogP contribution in [0.3, 0.4) is 0 Å². The molecule has 1 amide bonds. The fourth-order valence-electron chi connectivity index (χ4n) is 3.69. The van der Waals surface area contributed by atoms with Crippen molar-refractivity contribution in [1.82, 2.24) is 14.9 Å². The highest BCUT2D eigenvalue weighted by molar-refractivity contribution is 5.78. The first kappa shape index (κ1) is 19.9. The molecule has 1 fully saturated rings. The zero-order valence-corrected chi connectivity index (χ0v) is 17.4. The topological polar surface area (TPSA) is 58.6 Å². The number of carbonyl (C=O) groups excluding carboxylic acids is 1. The summed E-state index contributed by atoms with van der Waals surface area (Å²) >= 11 is 0. The van der Waals surface area contributed by atoms with Gasteiger partial charge in [-0.3, -0.25) is 4.79 Å². The van der Waals surface area contributed by atoms with Gasteiger partial charge in [-0.2, -0.15) is 0 Å². The van der Waals surface area contributed by atoms with Crippen molar-refractivity contribution in [2.45, 2.75) is 13.8 Å². The molecule has 0 spiro atoms. The molecule has 1 aromatic heterocycles. The second-order valence-corrected chi connectivity index (χ2v) is 7.48. The smallest absolute Gasteiger partial charge is 0.260 e. The normalized spacial score (nSPS) is 13.9. The summed E-state index contributed by atoms with van der Waals surface area (Å²) < 4.78 is 5.83. The first-order chi connectivity index (χ1) is 14.6. The average Bonchev–Trinajstić information content (AvgIpc) is 2.79. The van der Waals surface area contributed by atoms with Gasteiger partial charge in [0.15, 0.2) is 12.4 Å². The predicted octanol–water partition coefficient (Wildman–Crippen LogP) is 3.49. The molecule has 154 valence electrons. The Labute approximate surface area is 177 Å². The van der Waals surface area contributed by atoms with Crippen molar-refractivity contribution in [3.63, 3.8) is 0 Å². The number of aromatic nitrogens is 2. The standard InChI is InChI=1S/C24H26N4O2/c1-18-7-6-8-19(2)23(18)30-17-22(29)28-15-13-27(14-16-28)21-11-12-25-24(26-21)20-9-4-3-5-10-20/h3-12H,13-17H2,1-2H3. The Bertz CT molecular complexity index is 994. The molecule has 0 aliphatic carbocycles. The minimum Gasteiger partial charge on any atom is -0.483 e. The summed E-state index contributed by atoms with van der Waals surface area (Å²) in [5.41, 5.74) is 3.09. The molecular weight excluding hydrogens is 376 g/mol. The minimum absolute atomic E-state index is 0.0185. The minimum atomic E-state index is 0.0185. The lowest BCUT2D eigenvalue weighted by molar-refractivity contribution is -0.133. The van der Waals surface area contributed by atoms with Crippen LogP contribution in [-0.2, 0) is 4.79 Å². The van der Waals surface area contributed by atoms with E-state index in [-0.39, 0.29) is 12.5 Å². The molecule has 30 heavy (non-hydrogen) atoms. The summed E-state index contributed by atoms with van der Waals surface area (Å²) in [6.45, 7) is 6.84. The SMILES string of the molecule is Cc1cccc(C)c1OCC(=O)N1CCN(c2ccnc(-c3ccccc3)n2)CC1. The molecule has 1 saturated heterocycles. The van der Waals surface area contributed by atoms with E-state index in [1.165, 1.54) is 0 Å². The van der Waals surface area contributed by atoms with E-state index in [0.29, 0.717) is 18.9 Å². The Morgan fingerprint density at radius 3 is 2.33 bits per heavy atom. The number of hydrogen-bond donors (Lipinski definition) is 0. The van der Waals surface area contributed by atoms with Gasteiger partial charge in [-0.15, -0.1) is 0 Å². The number of ether oxygens (including phenoxy) is 1. The predicted molar refractivity (Wildman–Crippen MR) is 118 cm³/mol. The van der Waals surface area contributed by atoms with Crippen LogP contribution in [0.5, 0.6) is 5.75 Å². The van der Waals surface area contributed by atoms with Crippen LogP contribution >= 0.6 is 0 Å². The third kappa shape index (κ3) is 4.43. The van der Waals surface area contributed by atoms with Gasteiger partial charge >= 0.3 is 0 Å². The van der Waals surface area contributed by atoms with E-state index < -0.39 is 0 Å². The molecule has 3 aromatic rings. The number of rotatable bonds is 5. The number of nitrogens with zero attached hydrogens (tertiary/aromatic N) is 4. The van der Waals surface area contributed by atoms with E-state index in [4.69, 9.17) is 9.72 Å². The van der Waals surface area contributed by atoms with E-state index in [1.807, 2.05) is 73.3 Å². The van der Waals surface area contributed by atoms with Gasteiger partial charge in [0.2, 0.25) is 0 Å². The summed E-state index contributed by atoms with van der Waals surface area (Å²) in [7, 11) is 0. The summed E-state index contributed by atoms with van der Waals surface area (Å²) in [6, 6.07) is 17.9. The van der Waals surface area contributed by atoms with Crippen molar-refractivity contribution in [3.05, 3.63) is 71.9 Å². The molecule has 0 radical (unpaired) electrons. The number of carbonyl (C=O) groups is 1. The Morgan fingerprint density at radius 2 is 1.63 bits per heavy atom. The number of benzene rings is 2. The van der Waals surface area contributed by atoms with Crippen molar-refractivity contribution >= 4 is 11.7 Å². The van der Waals surface area contributed by atoms with Gasteiger partial charge in [-0.05, 0) is 31.0 Å². The second-order valence-electron chi connectivity index (χ2n) is 7.48. The maximum absolute atomic E-state index is 12.6. The summed E-state index contributed by atoms with van der Waals surface area (Å²) in [6.07, 6.45) is 1.79. The van der Waals surface area contributed by atoms with Crippen LogP contribution in [0.4, 0.5) is 5.82 Å². The molecule has 0 unspecified atom stereocenters. The van der Waals surface area contributed by atoms with Crippen molar-refractivity contribution in [2.24, 2.45) is 0 Å². The summed E-state index contributed by atoms with van der Waals surface area (Å²) in [4.78, 5) is 25.8. The molecule has 2 aromatic carbocycles. The second kappa shape index (κ2) is 8.95. The Hall–Kier alpha value is -3.41. The zero-order valence-electron chi connectivity index (χ0n) is 17.4. The Morgan fingerprint density at radius 1 is 0.933 bits per heavy atom. The Kier molecular flexibility index (Phi) is 5.93. The maximum atomic E-state index is 12.6. The number of piperazine rings is 1. The number of amides is 1. The van der Waals surface area contributed by atoms with Gasteiger partial charge in [0.05, 0.1) is 0 Å². The number of hydrogen-bond acceptors (Lipinski definition) is 5. The molecule has 6 heteroatoms. The van der Waals surface area contributed by atoms with E-state index in [1.54, 1.807) is 6.20 Å². The molecule has 1 aliphatic rings. The molecule has 4 rings (SSSR count). The van der Waals surface area contributed by atoms with Crippen LogP contribution < -0.4 is 9.64 Å². The molecule has 0 bridgehead atoms. The lowest BCUT2D eigenvalue weighted by Gasteiger charge is -2.35. The molecule has 1 aliphatic heterocycles. The quantitative estimate of drug-likeness (QED) is 0.654. The highest BCUT2D eigenvalue weighted by atomic mass is 16.5. The highest BCUT2D eigenvalue weighted by Crippen LogP contribution is 2.23. The van der Waals surface area contributed by atoms with Gasteiger partial charge in [0.25, 0.3) is 5.91 Å². The maximum Gasteiger partial charge on any atom is 0.260 e. The fraction of sp³-hybridized carbons (Fsp3) is 0.292. The molecule has 2 heterocycles. The van der Waals surface area contributed by atoms with Crippen LogP contribution in [0.1, 0.15) is 11.1 Å². The van der Waals surface area contributed by atoms with Crippen molar-refractivity contribution in [3.8, 4) is 17.1 Å². The van der Waals surface area contributed by atoms with Gasteiger partial charge in [-0.25, -0.2) is 9.97 Å². The largest absolute Gasteiger partial charge is 0.483 e. The summed E-state index contributed by atoms with van der Waals surface area (Å²) in [5, 5.41) is 0. The highest BCUT2D eigenvalue weighted by Gasteiger charge is 2.23. The Balaban J connectivity index is 1.34. The first-order valence-corrected chi connectivity index (χ1v) is 10.2. The molecule has 6 nitrogen and oxygen atoms in total. The first-order valence-electron chi connectivity index (χ1n) is 10.2. The van der Waals surface area contributed by atoms with E-state index in [2.05, 4.69) is 9.88 Å². The third-order valence-corrected chi connectivity index (χ3v) is 5.38. The lowest BCUT2D eigenvalue weighted by atomic mass is 10.1. The molecule has 0 saturated carbocycles. The van der Waals surface area contributed by atoms with Gasteiger partial charge in [0, 0.05) is 37.9 Å². The van der Waals surface area contributed by atoms with Crippen LogP contribution in [-0.4, -0.2) is 53.6 Å². The van der Waals surface area contributed by atoms with Crippen LogP contribution in [0.15, 0.2) is 60.8 Å². The molecular formula is C24H26N4O2. The number of anilines is 1. The van der Waals surface area contributed by atoms with Crippen LogP contribution in [0.2, 0.25) is 0 Å². The van der Waals surface area contributed by atoms with E-state index in [9.17, 15) is 4.79 Å². The number of para-hydroxylation sites is 1. The van der Waals surface area contributed by atoms with Crippen LogP contribution in [0.25, 0.3) is 11.4 Å². The van der Waals surface area contributed by atoms with E-state index in [0.717, 1.165) is 41.3 Å². The monoisotopic (exact) mass is 402 g/mol. The van der Waals surface area contributed by atoms with Gasteiger partial charge < -0.3 is 14.5 Å². The lowest BCUT2D eigenvalue weighted by Crippen LogP contribution is -2.50. The van der Waals surface area contributed by atoms with Gasteiger partial charge in [0.1, 0.15) is 11.6 Å².